The van der Waals surface area contributed by atoms with E-state index >= 15 is 0 Å². The molecule has 126 valence electrons. The lowest BCUT2D eigenvalue weighted by Gasteiger charge is -2.10. The van der Waals surface area contributed by atoms with Gasteiger partial charge in [-0.1, -0.05) is 6.07 Å². The van der Waals surface area contributed by atoms with Crippen molar-refractivity contribution in [2.24, 2.45) is 10.3 Å². The summed E-state index contributed by atoms with van der Waals surface area (Å²) in [6, 6.07) is 4.62. The zero-order valence-corrected chi connectivity index (χ0v) is 13.4. The van der Waals surface area contributed by atoms with Crippen LogP contribution in [0, 0.1) is 0 Å². The van der Waals surface area contributed by atoms with Crippen LogP contribution in [0.2, 0.25) is 0 Å². The number of fused-ring (bicyclic) bond motifs is 3. The summed E-state index contributed by atoms with van der Waals surface area (Å²) in [5, 5.41) is 10.3. The van der Waals surface area contributed by atoms with Gasteiger partial charge in [0.15, 0.2) is 0 Å². The first-order valence-electron chi connectivity index (χ1n) is 6.27. The smallest absolute Gasteiger partial charge is 0.314 e. The van der Waals surface area contributed by atoms with Gasteiger partial charge in [-0.25, -0.2) is 27.1 Å². The summed E-state index contributed by atoms with van der Waals surface area (Å²) in [6.45, 7) is 0. The maximum Gasteiger partial charge on any atom is 0.314 e. The normalized spacial score (nSPS) is 12.8. The largest absolute Gasteiger partial charge is 0.316 e. The molecule has 0 radical (unpaired) electrons. The lowest BCUT2D eigenvalue weighted by Crippen LogP contribution is -2.29. The summed E-state index contributed by atoms with van der Waals surface area (Å²) >= 11 is 0. The molecule has 12 heteroatoms. The minimum Gasteiger partial charge on any atom is -0.316 e. The van der Waals surface area contributed by atoms with Crippen LogP contribution >= 0.6 is 0 Å². The summed E-state index contributed by atoms with van der Waals surface area (Å²) < 4.78 is 46.8. The third kappa shape index (κ3) is 2.60. The van der Waals surface area contributed by atoms with Crippen LogP contribution in [-0.4, -0.2) is 26.8 Å². The van der Waals surface area contributed by atoms with E-state index in [0.717, 1.165) is 12.1 Å². The Morgan fingerprint density at radius 1 is 0.792 bits per heavy atom. The highest BCUT2D eigenvalue weighted by Gasteiger charge is 2.20. The van der Waals surface area contributed by atoms with Crippen LogP contribution < -0.4 is 21.4 Å². The van der Waals surface area contributed by atoms with Crippen molar-refractivity contribution in [3.8, 4) is 0 Å². The molecule has 10 nitrogen and oxygen atoms in total. The molecule has 0 aliphatic heterocycles. The van der Waals surface area contributed by atoms with Crippen LogP contribution in [0.5, 0.6) is 0 Å². The predicted octanol–water partition coefficient (Wildman–Crippen LogP) is -1.34. The SMILES string of the molecule is NS(=O)(=O)c1cc(S(N)(=O)=O)c2ccc3[nH]c(=O)c(=O)[nH]c3c2c1. The molecule has 3 rings (SSSR count). The van der Waals surface area contributed by atoms with Crippen molar-refractivity contribution < 1.29 is 16.8 Å². The number of primary sulfonamides is 2. The molecule has 0 atom stereocenters. The summed E-state index contributed by atoms with van der Waals surface area (Å²) in [5.74, 6) is 0. The Morgan fingerprint density at radius 2 is 1.42 bits per heavy atom. The molecular formula is C12H10N4O6S2. The van der Waals surface area contributed by atoms with E-state index in [9.17, 15) is 26.4 Å². The average Bonchev–Trinajstić information content (AvgIpc) is 2.45. The minimum absolute atomic E-state index is 0.0486. The maximum absolute atomic E-state index is 11.8. The second kappa shape index (κ2) is 4.98. The van der Waals surface area contributed by atoms with Crippen molar-refractivity contribution in [1.29, 1.82) is 0 Å². The van der Waals surface area contributed by atoms with E-state index in [1.54, 1.807) is 0 Å². The number of benzene rings is 2. The van der Waals surface area contributed by atoms with E-state index in [1.165, 1.54) is 12.1 Å². The summed E-state index contributed by atoms with van der Waals surface area (Å²) in [4.78, 5) is 26.6. The Balaban J connectivity index is 2.68. The average molecular weight is 370 g/mol. The number of nitrogens with two attached hydrogens (primary N) is 2. The first kappa shape index (κ1) is 16.3. The third-order valence-corrected chi connectivity index (χ3v) is 5.24. The highest BCUT2D eigenvalue weighted by molar-refractivity contribution is 7.90. The third-order valence-electron chi connectivity index (χ3n) is 3.40. The molecule has 0 fully saturated rings. The molecule has 0 aliphatic carbocycles. The fourth-order valence-corrected chi connectivity index (χ4v) is 3.78. The molecule has 0 unspecified atom stereocenters. The standard InChI is InChI=1S/C12H10N4O6S2/c13-23(19,20)5-3-7-6(9(4-5)24(14,21)22)1-2-8-10(7)16-12(18)11(17)15-8/h1-4H,(H,15,17)(H,16,18)(H2,13,19,20)(H2,14,21,22). The van der Waals surface area contributed by atoms with Gasteiger partial charge in [0.2, 0.25) is 20.0 Å². The Bertz CT molecular complexity index is 1340. The van der Waals surface area contributed by atoms with Gasteiger partial charge in [-0.05, 0) is 18.2 Å². The second-order valence-electron chi connectivity index (χ2n) is 5.00. The maximum atomic E-state index is 11.8. The van der Waals surface area contributed by atoms with Crippen LogP contribution in [0.1, 0.15) is 0 Å². The van der Waals surface area contributed by atoms with Crippen molar-refractivity contribution in [3.63, 3.8) is 0 Å². The number of aromatic amines is 2. The van der Waals surface area contributed by atoms with Crippen LogP contribution in [-0.2, 0) is 20.0 Å². The fourth-order valence-electron chi connectivity index (χ4n) is 2.36. The van der Waals surface area contributed by atoms with Crippen molar-refractivity contribution in [1.82, 2.24) is 9.97 Å². The number of hydrogen-bond donors (Lipinski definition) is 4. The van der Waals surface area contributed by atoms with E-state index in [-0.39, 0.29) is 21.8 Å². The number of hydrogen-bond acceptors (Lipinski definition) is 6. The molecule has 6 N–H and O–H groups in total. The fraction of sp³-hybridized carbons (Fsp3) is 0. The van der Waals surface area contributed by atoms with E-state index < -0.39 is 41.0 Å². The Morgan fingerprint density at radius 3 is 2.00 bits per heavy atom. The van der Waals surface area contributed by atoms with Gasteiger partial charge in [0.25, 0.3) is 0 Å². The molecule has 24 heavy (non-hydrogen) atoms. The molecule has 1 aromatic heterocycles. The van der Waals surface area contributed by atoms with Gasteiger partial charge < -0.3 is 9.97 Å². The van der Waals surface area contributed by atoms with Gasteiger partial charge in [-0.15, -0.1) is 0 Å². The van der Waals surface area contributed by atoms with Gasteiger partial charge in [0, 0.05) is 10.8 Å². The Kier molecular flexibility index (Phi) is 3.38. The van der Waals surface area contributed by atoms with Gasteiger partial charge >= 0.3 is 11.1 Å². The van der Waals surface area contributed by atoms with Crippen molar-refractivity contribution in [2.45, 2.75) is 9.79 Å². The van der Waals surface area contributed by atoms with Crippen LogP contribution in [0.3, 0.4) is 0 Å². The van der Waals surface area contributed by atoms with E-state index in [0.29, 0.717) is 0 Å². The number of nitrogens with one attached hydrogen (secondary N) is 2. The molecule has 1 heterocycles. The van der Waals surface area contributed by atoms with Gasteiger partial charge in [0.05, 0.1) is 20.8 Å². The summed E-state index contributed by atoms with van der Waals surface area (Å²) in [7, 11) is -8.53. The van der Waals surface area contributed by atoms with Crippen LogP contribution in [0.4, 0.5) is 0 Å². The van der Waals surface area contributed by atoms with E-state index in [1.807, 2.05) is 0 Å². The van der Waals surface area contributed by atoms with Crippen LogP contribution in [0.25, 0.3) is 21.8 Å². The molecule has 3 aromatic rings. The van der Waals surface area contributed by atoms with Gasteiger partial charge in [-0.3, -0.25) is 9.59 Å². The number of aromatic nitrogens is 2. The highest BCUT2D eigenvalue weighted by Crippen LogP contribution is 2.29. The van der Waals surface area contributed by atoms with E-state index in [2.05, 4.69) is 9.97 Å². The summed E-state index contributed by atoms with van der Waals surface area (Å²) in [6.07, 6.45) is 0. The lowest BCUT2D eigenvalue weighted by molar-refractivity contribution is 0.597. The molecule has 0 spiro atoms. The topological polar surface area (TPSA) is 186 Å². The first-order chi connectivity index (χ1) is 11.0. The minimum atomic E-state index is -4.28. The summed E-state index contributed by atoms with van der Waals surface area (Å²) in [5.41, 5.74) is -1.66. The predicted molar refractivity (Wildman–Crippen MR) is 85.4 cm³/mol. The zero-order chi connectivity index (χ0) is 17.9. The number of rotatable bonds is 2. The molecule has 2 aromatic carbocycles. The molecule has 0 amide bonds. The zero-order valence-electron chi connectivity index (χ0n) is 11.7. The second-order valence-corrected chi connectivity index (χ2v) is 8.09. The van der Waals surface area contributed by atoms with Crippen molar-refractivity contribution >= 4 is 41.9 Å². The molecule has 0 saturated heterocycles. The first-order valence-corrected chi connectivity index (χ1v) is 9.36. The van der Waals surface area contributed by atoms with Crippen molar-refractivity contribution in [2.75, 3.05) is 0 Å². The van der Waals surface area contributed by atoms with Crippen molar-refractivity contribution in [3.05, 3.63) is 45.0 Å². The highest BCUT2D eigenvalue weighted by atomic mass is 32.2. The number of sulfonamides is 2. The monoisotopic (exact) mass is 370 g/mol. The molecule has 0 aliphatic rings. The molecule has 0 bridgehead atoms. The quantitative estimate of drug-likeness (QED) is 0.319. The molecular weight excluding hydrogens is 360 g/mol. The molecule has 0 saturated carbocycles. The van der Waals surface area contributed by atoms with Gasteiger partial charge in [0.1, 0.15) is 0 Å². The number of H-pyrrole nitrogens is 2. The Hall–Kier alpha value is -2.54. The lowest BCUT2D eigenvalue weighted by atomic mass is 10.1. The van der Waals surface area contributed by atoms with Gasteiger partial charge in [-0.2, -0.15) is 0 Å². The Labute approximate surface area is 134 Å². The van der Waals surface area contributed by atoms with Crippen LogP contribution in [0.15, 0.2) is 43.6 Å². The van der Waals surface area contributed by atoms with E-state index in [4.69, 9.17) is 10.3 Å².